The first-order valence-electron chi connectivity index (χ1n) is 11.0. The Morgan fingerprint density at radius 1 is 1.18 bits per heavy atom. The van der Waals surface area contributed by atoms with Gasteiger partial charge in [0.15, 0.2) is 11.5 Å². The molecule has 2 N–H and O–H groups in total. The Morgan fingerprint density at radius 3 is 2.64 bits per heavy atom. The molecule has 0 saturated heterocycles. The Kier molecular flexibility index (Phi) is 6.35. The summed E-state index contributed by atoms with van der Waals surface area (Å²) in [6.07, 6.45) is 0.875. The molecule has 0 radical (unpaired) electrons. The van der Waals surface area contributed by atoms with E-state index in [4.69, 9.17) is 9.47 Å². The third-order valence-corrected chi connectivity index (χ3v) is 5.77. The van der Waals surface area contributed by atoms with Crippen LogP contribution in [0.4, 0.5) is 5.82 Å². The van der Waals surface area contributed by atoms with E-state index >= 15 is 0 Å². The molecule has 33 heavy (non-hydrogen) atoms. The SMILES string of the molecule is CCCOc1ccc([C@@H]2c3c(C)nn(C)c3NC(=O)[C@H]2NC(=O)c2ccccc2)cc1OC. The Hall–Kier alpha value is -3.81. The number of amides is 2. The van der Waals surface area contributed by atoms with Gasteiger partial charge in [-0.15, -0.1) is 0 Å². The van der Waals surface area contributed by atoms with Crippen molar-refractivity contribution in [2.24, 2.45) is 7.05 Å². The van der Waals surface area contributed by atoms with Gasteiger partial charge in [0.05, 0.1) is 19.4 Å². The average Bonchev–Trinajstić information content (AvgIpc) is 3.11. The number of nitrogens with zero attached hydrogens (tertiary/aromatic N) is 2. The highest BCUT2D eigenvalue weighted by molar-refractivity contribution is 6.03. The zero-order valence-electron chi connectivity index (χ0n) is 19.2. The number of methoxy groups -OCH3 is 1. The lowest BCUT2D eigenvalue weighted by Gasteiger charge is -2.33. The van der Waals surface area contributed by atoms with Crippen LogP contribution in [0.2, 0.25) is 0 Å². The fourth-order valence-electron chi connectivity index (χ4n) is 4.24. The van der Waals surface area contributed by atoms with Crippen LogP contribution >= 0.6 is 0 Å². The summed E-state index contributed by atoms with van der Waals surface area (Å²) in [6.45, 7) is 4.51. The van der Waals surface area contributed by atoms with E-state index in [1.807, 2.05) is 38.1 Å². The number of ether oxygens (including phenoxy) is 2. The van der Waals surface area contributed by atoms with Gasteiger partial charge >= 0.3 is 0 Å². The molecule has 3 aromatic rings. The summed E-state index contributed by atoms with van der Waals surface area (Å²) in [4.78, 5) is 26.2. The number of hydrogen-bond acceptors (Lipinski definition) is 5. The molecule has 1 aliphatic heterocycles. The largest absolute Gasteiger partial charge is 0.493 e. The molecule has 2 heterocycles. The third kappa shape index (κ3) is 4.28. The van der Waals surface area contributed by atoms with Crippen LogP contribution in [0.3, 0.4) is 0 Å². The summed E-state index contributed by atoms with van der Waals surface area (Å²) in [7, 11) is 3.37. The fourth-order valence-corrected chi connectivity index (χ4v) is 4.24. The Balaban J connectivity index is 1.78. The minimum atomic E-state index is -0.833. The minimum Gasteiger partial charge on any atom is -0.493 e. The normalized spacial score (nSPS) is 17.2. The second kappa shape index (κ2) is 9.36. The summed E-state index contributed by atoms with van der Waals surface area (Å²) in [5.41, 5.74) is 2.95. The van der Waals surface area contributed by atoms with Crippen molar-refractivity contribution in [3.05, 3.63) is 70.9 Å². The van der Waals surface area contributed by atoms with Crippen molar-refractivity contribution in [2.75, 3.05) is 19.0 Å². The number of carbonyl (C=O) groups excluding carboxylic acids is 2. The van der Waals surface area contributed by atoms with Gasteiger partial charge in [-0.3, -0.25) is 14.3 Å². The van der Waals surface area contributed by atoms with E-state index in [1.54, 1.807) is 43.1 Å². The van der Waals surface area contributed by atoms with Gasteiger partial charge in [-0.2, -0.15) is 5.10 Å². The molecule has 0 unspecified atom stereocenters. The van der Waals surface area contributed by atoms with Crippen LogP contribution in [-0.4, -0.2) is 41.4 Å². The van der Waals surface area contributed by atoms with E-state index in [2.05, 4.69) is 15.7 Å². The number of rotatable bonds is 7. The number of fused-ring (bicyclic) bond motifs is 1. The molecule has 0 saturated carbocycles. The average molecular weight is 449 g/mol. The maximum Gasteiger partial charge on any atom is 0.251 e. The number of hydrogen-bond donors (Lipinski definition) is 2. The summed E-state index contributed by atoms with van der Waals surface area (Å²) in [5.74, 6) is 0.757. The highest BCUT2D eigenvalue weighted by atomic mass is 16.5. The molecule has 2 aromatic carbocycles. The van der Waals surface area contributed by atoms with E-state index in [-0.39, 0.29) is 11.8 Å². The first-order valence-corrected chi connectivity index (χ1v) is 11.0. The second-order valence-electron chi connectivity index (χ2n) is 8.01. The molecular weight excluding hydrogens is 420 g/mol. The number of carbonyl (C=O) groups is 2. The number of aromatic nitrogens is 2. The molecule has 8 nitrogen and oxygen atoms in total. The zero-order valence-corrected chi connectivity index (χ0v) is 19.2. The van der Waals surface area contributed by atoms with Crippen molar-refractivity contribution >= 4 is 17.6 Å². The minimum absolute atomic E-state index is 0.301. The Labute approximate surface area is 192 Å². The zero-order chi connectivity index (χ0) is 23.5. The van der Waals surface area contributed by atoms with E-state index in [0.717, 1.165) is 23.2 Å². The Morgan fingerprint density at radius 2 is 1.94 bits per heavy atom. The standard InChI is InChI=1S/C25H28N4O4/c1-5-13-33-18-12-11-17(14-19(18)32-4)21-20-15(2)28-29(3)23(20)27-25(31)22(21)26-24(30)16-9-7-6-8-10-16/h6-12,14,21-22H,5,13H2,1-4H3,(H,26,30)(H,27,31)/t21-,22+/m1/s1. The van der Waals surface area contributed by atoms with E-state index in [9.17, 15) is 9.59 Å². The topological polar surface area (TPSA) is 94.5 Å². The smallest absolute Gasteiger partial charge is 0.251 e. The summed E-state index contributed by atoms with van der Waals surface area (Å²) in [6, 6.07) is 13.6. The lowest BCUT2D eigenvalue weighted by molar-refractivity contribution is -0.118. The predicted octanol–water partition coefficient (Wildman–Crippen LogP) is 3.41. The van der Waals surface area contributed by atoms with Crippen LogP contribution in [0.1, 0.15) is 46.4 Å². The van der Waals surface area contributed by atoms with E-state index in [1.165, 1.54) is 0 Å². The van der Waals surface area contributed by atoms with Crippen molar-refractivity contribution in [3.8, 4) is 11.5 Å². The van der Waals surface area contributed by atoms with Crippen LogP contribution in [0.5, 0.6) is 11.5 Å². The highest BCUT2D eigenvalue weighted by Crippen LogP contribution is 2.41. The van der Waals surface area contributed by atoms with Crippen LogP contribution < -0.4 is 20.1 Å². The van der Waals surface area contributed by atoms with Gasteiger partial charge in [0.2, 0.25) is 5.91 Å². The molecular formula is C25H28N4O4. The van der Waals surface area contributed by atoms with Gasteiger partial charge in [-0.1, -0.05) is 31.2 Å². The van der Waals surface area contributed by atoms with Crippen molar-refractivity contribution in [2.45, 2.75) is 32.2 Å². The third-order valence-electron chi connectivity index (χ3n) is 5.77. The lowest BCUT2D eigenvalue weighted by atomic mass is 9.81. The van der Waals surface area contributed by atoms with Crippen molar-refractivity contribution in [3.63, 3.8) is 0 Å². The number of aryl methyl sites for hydroxylation is 2. The number of anilines is 1. The lowest BCUT2D eigenvalue weighted by Crippen LogP contribution is -2.50. The van der Waals surface area contributed by atoms with Gasteiger partial charge in [-0.25, -0.2) is 0 Å². The predicted molar refractivity (Wildman–Crippen MR) is 125 cm³/mol. The van der Waals surface area contributed by atoms with Gasteiger partial charge in [0.25, 0.3) is 5.91 Å². The first-order chi connectivity index (χ1) is 15.9. The molecule has 2 atom stereocenters. The summed E-state index contributed by atoms with van der Waals surface area (Å²) < 4.78 is 13.0. The van der Waals surface area contributed by atoms with Gasteiger partial charge in [0, 0.05) is 24.1 Å². The molecule has 1 aliphatic rings. The Bertz CT molecular complexity index is 1170. The monoisotopic (exact) mass is 448 g/mol. The highest BCUT2D eigenvalue weighted by Gasteiger charge is 2.41. The van der Waals surface area contributed by atoms with Gasteiger partial charge < -0.3 is 20.1 Å². The molecule has 0 aliphatic carbocycles. The molecule has 4 rings (SSSR count). The molecule has 2 amide bonds. The molecule has 0 bridgehead atoms. The second-order valence-corrected chi connectivity index (χ2v) is 8.01. The molecule has 172 valence electrons. The maximum atomic E-state index is 13.2. The van der Waals surface area contributed by atoms with Crippen molar-refractivity contribution < 1.29 is 19.1 Å². The van der Waals surface area contributed by atoms with Crippen LogP contribution in [0, 0.1) is 6.92 Å². The van der Waals surface area contributed by atoms with Crippen molar-refractivity contribution in [1.29, 1.82) is 0 Å². The quantitative estimate of drug-likeness (QED) is 0.578. The summed E-state index contributed by atoms with van der Waals surface area (Å²) >= 11 is 0. The van der Waals surface area contributed by atoms with Gasteiger partial charge in [0.1, 0.15) is 11.9 Å². The van der Waals surface area contributed by atoms with E-state index < -0.39 is 12.0 Å². The van der Waals surface area contributed by atoms with E-state index in [0.29, 0.717) is 29.5 Å². The molecule has 0 fully saturated rings. The first kappa shape index (κ1) is 22.4. The molecule has 8 heteroatoms. The molecule has 0 spiro atoms. The maximum absolute atomic E-state index is 13.2. The van der Waals surface area contributed by atoms with Crippen molar-refractivity contribution in [1.82, 2.24) is 15.1 Å². The van der Waals surface area contributed by atoms with Crippen LogP contribution in [0.15, 0.2) is 48.5 Å². The molecule has 1 aromatic heterocycles. The summed E-state index contributed by atoms with van der Waals surface area (Å²) in [5, 5.41) is 10.4. The fraction of sp³-hybridized carbons (Fsp3) is 0.320. The van der Waals surface area contributed by atoms with Crippen LogP contribution in [-0.2, 0) is 11.8 Å². The number of benzene rings is 2. The van der Waals surface area contributed by atoms with Gasteiger partial charge in [-0.05, 0) is 43.2 Å². The number of nitrogens with one attached hydrogen (secondary N) is 2. The van der Waals surface area contributed by atoms with Crippen LogP contribution in [0.25, 0.3) is 0 Å².